The number of aromatic nitrogens is 4. The van der Waals surface area contributed by atoms with Crippen molar-refractivity contribution < 1.29 is 0 Å². The fourth-order valence-corrected chi connectivity index (χ4v) is 5.13. The summed E-state index contributed by atoms with van der Waals surface area (Å²) in [6.07, 6.45) is 7.17. The van der Waals surface area contributed by atoms with Crippen LogP contribution < -0.4 is 16.1 Å². The molecule has 1 aliphatic carbocycles. The number of aryl methyl sites for hydroxylation is 3. The largest absolute Gasteiger partial charge is 0.339 e. The number of anilines is 1. The van der Waals surface area contributed by atoms with Crippen LogP contribution in [0.15, 0.2) is 33.9 Å². The van der Waals surface area contributed by atoms with Crippen LogP contribution in [0, 0.1) is 6.92 Å². The van der Waals surface area contributed by atoms with Gasteiger partial charge in [0.1, 0.15) is 0 Å². The lowest BCUT2D eigenvalue weighted by Crippen LogP contribution is -2.43. The second-order valence-corrected chi connectivity index (χ2v) is 8.73. The third-order valence-electron chi connectivity index (χ3n) is 6.86. The highest BCUT2D eigenvalue weighted by Crippen LogP contribution is 2.31. The van der Waals surface area contributed by atoms with Gasteiger partial charge in [-0.1, -0.05) is 43.5 Å². The van der Waals surface area contributed by atoms with Gasteiger partial charge >= 0.3 is 5.69 Å². The average molecular weight is 408 g/mol. The lowest BCUT2D eigenvalue weighted by molar-refractivity contribution is 0.391. The first-order valence-corrected chi connectivity index (χ1v) is 11.1. The van der Waals surface area contributed by atoms with Gasteiger partial charge in [-0.15, -0.1) is 0 Å². The molecule has 0 bridgehead atoms. The van der Waals surface area contributed by atoms with Crippen molar-refractivity contribution in [3.63, 3.8) is 0 Å². The summed E-state index contributed by atoms with van der Waals surface area (Å²) < 4.78 is 4.96. The first-order valence-electron chi connectivity index (χ1n) is 11.1. The zero-order chi connectivity index (χ0) is 20.8. The Balaban J connectivity index is 1.66. The first-order chi connectivity index (χ1) is 14.6. The average Bonchev–Trinajstić information content (AvgIpc) is 3.17. The molecule has 158 valence electrons. The minimum atomic E-state index is -0.310. The van der Waals surface area contributed by atoms with Crippen molar-refractivity contribution in [3.8, 4) is 0 Å². The molecule has 0 N–H and O–H groups in total. The summed E-state index contributed by atoms with van der Waals surface area (Å²) in [6.45, 7) is 4.03. The highest BCUT2D eigenvalue weighted by Gasteiger charge is 2.30. The second kappa shape index (κ2) is 7.45. The zero-order valence-electron chi connectivity index (χ0n) is 17.8. The highest BCUT2D eigenvalue weighted by molar-refractivity contribution is 5.75. The van der Waals surface area contributed by atoms with Crippen LogP contribution in [-0.4, -0.2) is 31.3 Å². The van der Waals surface area contributed by atoms with E-state index in [0.29, 0.717) is 17.2 Å². The molecule has 30 heavy (non-hydrogen) atoms. The van der Waals surface area contributed by atoms with Crippen molar-refractivity contribution in [2.24, 2.45) is 7.05 Å². The minimum absolute atomic E-state index is 0.236. The summed E-state index contributed by atoms with van der Waals surface area (Å²) in [5.74, 6) is 0.865. The van der Waals surface area contributed by atoms with Crippen LogP contribution >= 0.6 is 0 Å². The smallest absolute Gasteiger partial charge is 0.332 e. The molecule has 2 aliphatic rings. The third kappa shape index (κ3) is 2.99. The van der Waals surface area contributed by atoms with E-state index in [9.17, 15) is 9.59 Å². The van der Waals surface area contributed by atoms with Crippen LogP contribution in [0.1, 0.15) is 49.7 Å². The summed E-state index contributed by atoms with van der Waals surface area (Å²) >= 11 is 0. The van der Waals surface area contributed by atoms with E-state index in [-0.39, 0.29) is 17.8 Å². The maximum absolute atomic E-state index is 13.5. The van der Waals surface area contributed by atoms with Gasteiger partial charge in [-0.05, 0) is 37.3 Å². The maximum atomic E-state index is 13.5. The van der Waals surface area contributed by atoms with E-state index in [0.717, 1.165) is 36.6 Å². The molecule has 1 fully saturated rings. The molecule has 1 aromatic carbocycles. The Kier molecular flexibility index (Phi) is 4.76. The van der Waals surface area contributed by atoms with E-state index >= 15 is 0 Å². The summed E-state index contributed by atoms with van der Waals surface area (Å²) in [4.78, 5) is 33.8. The maximum Gasteiger partial charge on any atom is 0.332 e. The monoisotopic (exact) mass is 407 g/mol. The Morgan fingerprint density at radius 3 is 2.57 bits per heavy atom. The van der Waals surface area contributed by atoms with Gasteiger partial charge in [-0.3, -0.25) is 13.9 Å². The molecule has 0 atom stereocenters. The molecule has 5 rings (SSSR count). The summed E-state index contributed by atoms with van der Waals surface area (Å²) in [5.41, 5.74) is 2.57. The van der Waals surface area contributed by atoms with E-state index in [2.05, 4.69) is 9.47 Å². The topological polar surface area (TPSA) is 65.1 Å². The van der Waals surface area contributed by atoms with E-state index in [4.69, 9.17) is 4.98 Å². The lowest BCUT2D eigenvalue weighted by Gasteiger charge is -2.37. The zero-order valence-corrected chi connectivity index (χ0v) is 17.8. The molecule has 3 heterocycles. The van der Waals surface area contributed by atoms with Crippen LogP contribution in [0.4, 0.5) is 5.95 Å². The fourth-order valence-electron chi connectivity index (χ4n) is 5.13. The number of rotatable bonds is 3. The molecule has 1 aliphatic heterocycles. The number of hydrogen-bond donors (Lipinski definition) is 0. The van der Waals surface area contributed by atoms with E-state index in [1.54, 1.807) is 11.6 Å². The van der Waals surface area contributed by atoms with Crippen molar-refractivity contribution in [1.29, 1.82) is 0 Å². The molecular formula is C23H29N5O2. The Morgan fingerprint density at radius 2 is 1.80 bits per heavy atom. The number of hydrogen-bond acceptors (Lipinski definition) is 4. The molecule has 2 aromatic heterocycles. The van der Waals surface area contributed by atoms with Gasteiger partial charge in [-0.2, -0.15) is 4.98 Å². The van der Waals surface area contributed by atoms with Gasteiger partial charge in [0.25, 0.3) is 5.56 Å². The van der Waals surface area contributed by atoms with Gasteiger partial charge in [0.2, 0.25) is 5.95 Å². The number of benzene rings is 1. The molecule has 0 amide bonds. The fraction of sp³-hybridized carbons (Fsp3) is 0.522. The SMILES string of the molecule is Cc1ccccc1Cn1c(=O)c2c(nc3n2CCCN3C2CCCCC2)n(C)c1=O. The first kappa shape index (κ1) is 19.2. The normalized spacial score (nSPS) is 17.5. The summed E-state index contributed by atoms with van der Waals surface area (Å²) in [7, 11) is 1.72. The Hall–Kier alpha value is -2.83. The van der Waals surface area contributed by atoms with Crippen LogP contribution in [0.2, 0.25) is 0 Å². The Morgan fingerprint density at radius 1 is 1.03 bits per heavy atom. The van der Waals surface area contributed by atoms with Crippen molar-refractivity contribution >= 4 is 17.1 Å². The van der Waals surface area contributed by atoms with Gasteiger partial charge in [-0.25, -0.2) is 4.79 Å². The van der Waals surface area contributed by atoms with Gasteiger partial charge in [0.05, 0.1) is 6.54 Å². The van der Waals surface area contributed by atoms with Crippen molar-refractivity contribution in [2.45, 2.75) is 64.6 Å². The highest BCUT2D eigenvalue weighted by atomic mass is 16.2. The Labute approximate surface area is 175 Å². The van der Waals surface area contributed by atoms with Crippen LogP contribution in [0.25, 0.3) is 11.2 Å². The molecule has 0 unspecified atom stereocenters. The molecule has 1 saturated carbocycles. The van der Waals surface area contributed by atoms with Crippen LogP contribution in [-0.2, 0) is 20.1 Å². The van der Waals surface area contributed by atoms with E-state index < -0.39 is 0 Å². The van der Waals surface area contributed by atoms with Crippen LogP contribution in [0.3, 0.4) is 0 Å². The van der Waals surface area contributed by atoms with Crippen molar-refractivity contribution in [1.82, 2.24) is 18.7 Å². The quantitative estimate of drug-likeness (QED) is 0.670. The van der Waals surface area contributed by atoms with Gasteiger partial charge in [0.15, 0.2) is 11.2 Å². The van der Waals surface area contributed by atoms with Gasteiger partial charge < -0.3 is 9.47 Å². The lowest BCUT2D eigenvalue weighted by atomic mass is 9.94. The second-order valence-electron chi connectivity index (χ2n) is 8.73. The van der Waals surface area contributed by atoms with Crippen molar-refractivity contribution in [3.05, 3.63) is 56.2 Å². The van der Waals surface area contributed by atoms with Crippen LogP contribution in [0.5, 0.6) is 0 Å². The molecule has 7 nitrogen and oxygen atoms in total. The van der Waals surface area contributed by atoms with Crippen molar-refractivity contribution in [2.75, 3.05) is 11.4 Å². The van der Waals surface area contributed by atoms with Gasteiger partial charge in [0, 0.05) is 26.2 Å². The molecular weight excluding hydrogens is 378 g/mol. The summed E-state index contributed by atoms with van der Waals surface area (Å²) in [5, 5.41) is 0. The number of fused-ring (bicyclic) bond motifs is 3. The third-order valence-corrected chi connectivity index (χ3v) is 6.86. The molecule has 0 radical (unpaired) electrons. The molecule has 3 aromatic rings. The summed E-state index contributed by atoms with van der Waals surface area (Å²) in [6, 6.07) is 8.38. The minimum Gasteiger partial charge on any atom is -0.339 e. The number of nitrogens with zero attached hydrogens (tertiary/aromatic N) is 5. The molecule has 7 heteroatoms. The Bertz CT molecular complexity index is 1210. The predicted octanol–water partition coefficient (Wildman–Crippen LogP) is 2.80. The number of imidazole rings is 1. The van der Waals surface area contributed by atoms with E-state index in [1.165, 1.54) is 36.7 Å². The standard InChI is InChI=1S/C23H29N5O2/c1-16-9-6-7-10-17(16)15-28-21(29)19-20(25(2)23(28)30)24-22-26(13-8-14-27(19)22)18-11-4-3-5-12-18/h6-7,9-10,18H,3-5,8,11-15H2,1-2H3. The molecule has 0 spiro atoms. The molecule has 0 saturated heterocycles. The predicted molar refractivity (Wildman–Crippen MR) is 118 cm³/mol. The van der Waals surface area contributed by atoms with E-state index in [1.807, 2.05) is 31.2 Å².